The van der Waals surface area contributed by atoms with Crippen LogP contribution in [0.25, 0.3) is 0 Å². The Morgan fingerprint density at radius 1 is 0.864 bits per heavy atom. The Morgan fingerprint density at radius 2 is 1.41 bits per heavy atom. The first-order chi connectivity index (χ1) is 20.6. The van der Waals surface area contributed by atoms with Crippen molar-refractivity contribution in [3.8, 4) is 12.1 Å². The van der Waals surface area contributed by atoms with Crippen LogP contribution in [0.5, 0.6) is 0 Å². The second kappa shape index (κ2) is 12.4. The van der Waals surface area contributed by atoms with Gasteiger partial charge in [-0.15, -0.1) is 11.8 Å². The lowest BCUT2D eigenvalue weighted by atomic mass is 10.0. The molecule has 14 heteroatoms. The van der Waals surface area contributed by atoms with Crippen molar-refractivity contribution in [2.45, 2.75) is 38.7 Å². The fourth-order valence-corrected chi connectivity index (χ4v) is 5.80. The molecule has 228 valence electrons. The third-order valence-electron chi connectivity index (χ3n) is 6.81. The van der Waals surface area contributed by atoms with Crippen molar-refractivity contribution in [2.24, 2.45) is 4.99 Å². The van der Waals surface area contributed by atoms with Crippen molar-refractivity contribution in [3.05, 3.63) is 88.5 Å². The predicted octanol–water partition coefficient (Wildman–Crippen LogP) is 8.32. The van der Waals surface area contributed by atoms with Crippen LogP contribution in [0.15, 0.2) is 65.7 Å². The second-order valence-corrected chi connectivity index (χ2v) is 11.5. The zero-order valence-electron chi connectivity index (χ0n) is 23.5. The number of thiocarbonyl (C=S) groups is 1. The molecule has 1 fully saturated rings. The molecule has 1 heterocycles. The molecule has 0 atom stereocenters. The number of alkyl halides is 6. The maximum atomic E-state index is 13.9. The first-order valence-electron chi connectivity index (χ1n) is 12.9. The average Bonchev–Trinajstić information content (AvgIpc) is 3.15. The highest BCUT2D eigenvalue weighted by Gasteiger charge is 2.48. The lowest BCUT2D eigenvalue weighted by molar-refractivity contribution is -0.138. The van der Waals surface area contributed by atoms with E-state index < -0.39 is 40.1 Å². The third-order valence-corrected chi connectivity index (χ3v) is 7.83. The number of hydrogen-bond acceptors (Lipinski definition) is 6. The van der Waals surface area contributed by atoms with E-state index in [1.54, 1.807) is 11.0 Å². The summed E-state index contributed by atoms with van der Waals surface area (Å²) in [5.41, 5.74) is -2.19. The lowest BCUT2D eigenvalue weighted by Crippen LogP contribution is -2.44. The van der Waals surface area contributed by atoms with E-state index in [-0.39, 0.29) is 28.2 Å². The quantitative estimate of drug-likeness (QED) is 0.120. The molecule has 3 aromatic rings. The summed E-state index contributed by atoms with van der Waals surface area (Å²) in [6.07, 6.45) is -9.48. The van der Waals surface area contributed by atoms with Gasteiger partial charge >= 0.3 is 12.4 Å². The number of amidine groups is 1. The van der Waals surface area contributed by atoms with Gasteiger partial charge in [-0.3, -0.25) is 9.89 Å². The van der Waals surface area contributed by atoms with E-state index in [0.717, 1.165) is 29.8 Å². The van der Waals surface area contributed by atoms with Crippen LogP contribution in [-0.4, -0.2) is 28.2 Å². The van der Waals surface area contributed by atoms with Crippen LogP contribution in [0.2, 0.25) is 0 Å². The zero-order valence-corrected chi connectivity index (χ0v) is 25.1. The standard InChI is InChI=1S/C30H24F6N6S2/c1-18-4-9-22(10-5-18)42-27(43)41(23-11-7-20(15-38)25(13-23)30(34,35)36)26(28(42,2)3)40-17-44-16-39-21-8-6-19(14-37)24(12-21)29(31,32)33/h4-13,39H,16-17H2,1-3H3/b40-26+. The summed E-state index contributed by atoms with van der Waals surface area (Å²) < 4.78 is 81.5. The van der Waals surface area contributed by atoms with Gasteiger partial charge in [-0.1, -0.05) is 17.7 Å². The summed E-state index contributed by atoms with van der Waals surface area (Å²) in [7, 11) is 0. The minimum Gasteiger partial charge on any atom is -0.376 e. The summed E-state index contributed by atoms with van der Waals surface area (Å²) >= 11 is 7.02. The fraction of sp³-hybridized carbons (Fsp3) is 0.267. The molecule has 0 aliphatic carbocycles. The van der Waals surface area contributed by atoms with E-state index in [0.29, 0.717) is 11.5 Å². The van der Waals surface area contributed by atoms with Crippen LogP contribution in [-0.2, 0) is 12.4 Å². The van der Waals surface area contributed by atoms with Gasteiger partial charge in [0, 0.05) is 11.4 Å². The minimum absolute atomic E-state index is 0.0724. The Balaban J connectivity index is 1.65. The molecule has 1 aliphatic rings. The first-order valence-corrected chi connectivity index (χ1v) is 14.5. The topological polar surface area (TPSA) is 78.4 Å². The van der Waals surface area contributed by atoms with E-state index in [9.17, 15) is 31.6 Å². The van der Waals surface area contributed by atoms with Crippen LogP contribution in [0.1, 0.15) is 41.7 Å². The number of nitrogens with zero attached hydrogens (tertiary/aromatic N) is 5. The van der Waals surface area contributed by atoms with Crippen molar-refractivity contribution in [1.82, 2.24) is 0 Å². The number of anilines is 3. The van der Waals surface area contributed by atoms with Crippen LogP contribution in [0.4, 0.5) is 43.4 Å². The summed E-state index contributed by atoms with van der Waals surface area (Å²) in [4.78, 5) is 7.92. The smallest absolute Gasteiger partial charge is 0.376 e. The van der Waals surface area contributed by atoms with Crippen molar-refractivity contribution in [2.75, 3.05) is 26.9 Å². The summed E-state index contributed by atoms with van der Waals surface area (Å²) in [5.74, 6) is 0.560. The van der Waals surface area contributed by atoms with Crippen molar-refractivity contribution < 1.29 is 26.3 Å². The Labute approximate surface area is 259 Å². The molecule has 1 saturated heterocycles. The maximum Gasteiger partial charge on any atom is 0.417 e. The summed E-state index contributed by atoms with van der Waals surface area (Å²) in [6.45, 7) is 5.56. The largest absolute Gasteiger partial charge is 0.417 e. The van der Waals surface area contributed by atoms with E-state index in [2.05, 4.69) is 5.32 Å². The molecule has 0 aromatic heterocycles. The van der Waals surface area contributed by atoms with Crippen LogP contribution in [0, 0.1) is 29.6 Å². The summed E-state index contributed by atoms with van der Waals surface area (Å²) in [5, 5.41) is 21.3. The number of thioether (sulfide) groups is 1. The van der Waals surface area contributed by atoms with Gasteiger partial charge in [0.2, 0.25) is 0 Å². The molecule has 0 unspecified atom stereocenters. The van der Waals surface area contributed by atoms with Crippen LogP contribution < -0.4 is 15.1 Å². The number of hydrogen-bond donors (Lipinski definition) is 1. The van der Waals surface area contributed by atoms with E-state index >= 15 is 0 Å². The number of rotatable bonds is 7. The molecule has 4 rings (SSSR count). The van der Waals surface area contributed by atoms with Crippen molar-refractivity contribution >= 4 is 52.0 Å². The molecule has 3 aromatic carbocycles. The van der Waals surface area contributed by atoms with Crippen molar-refractivity contribution in [3.63, 3.8) is 0 Å². The Kier molecular flexibility index (Phi) is 9.18. The molecule has 0 radical (unpaired) electrons. The number of halogens is 6. The highest BCUT2D eigenvalue weighted by molar-refractivity contribution is 7.99. The fourth-order valence-electron chi connectivity index (χ4n) is 4.70. The number of nitriles is 2. The average molecular weight is 647 g/mol. The van der Waals surface area contributed by atoms with Gasteiger partial charge < -0.3 is 10.2 Å². The Bertz CT molecular complexity index is 1680. The van der Waals surface area contributed by atoms with Gasteiger partial charge in [0.25, 0.3) is 0 Å². The molecule has 1 N–H and O–H groups in total. The zero-order chi connectivity index (χ0) is 32.4. The molecule has 1 aliphatic heterocycles. The van der Waals surface area contributed by atoms with E-state index in [4.69, 9.17) is 22.5 Å². The Morgan fingerprint density at radius 3 is 1.98 bits per heavy atom. The lowest BCUT2D eigenvalue weighted by Gasteiger charge is -2.31. The van der Waals surface area contributed by atoms with Gasteiger partial charge in [-0.05, 0) is 81.5 Å². The highest BCUT2D eigenvalue weighted by Crippen LogP contribution is 2.40. The van der Waals surface area contributed by atoms with Crippen LogP contribution in [0.3, 0.4) is 0 Å². The molecular weight excluding hydrogens is 622 g/mol. The second-order valence-electron chi connectivity index (χ2n) is 10.2. The molecule has 0 saturated carbocycles. The monoisotopic (exact) mass is 646 g/mol. The van der Waals surface area contributed by atoms with Gasteiger partial charge in [0.1, 0.15) is 5.84 Å². The van der Waals surface area contributed by atoms with Gasteiger partial charge in [0.15, 0.2) is 5.11 Å². The Hall–Kier alpha value is -4.27. The van der Waals surface area contributed by atoms with Gasteiger partial charge in [0.05, 0.1) is 57.4 Å². The minimum atomic E-state index is -4.79. The predicted molar refractivity (Wildman–Crippen MR) is 164 cm³/mol. The normalized spacial score (nSPS) is 15.8. The number of aliphatic imine (C=N–C) groups is 1. The molecule has 6 nitrogen and oxygen atoms in total. The number of aryl methyl sites for hydroxylation is 1. The SMILES string of the molecule is Cc1ccc(N2C(=S)N(c3ccc(C#N)c(C(F)(F)F)c3)/C(=N/CSCNc3ccc(C#N)c(C(F)(F)F)c3)C2(C)C)cc1. The third kappa shape index (κ3) is 6.61. The molecule has 0 bridgehead atoms. The molecule has 0 spiro atoms. The van der Waals surface area contributed by atoms with E-state index in [1.807, 2.05) is 45.0 Å². The maximum absolute atomic E-state index is 13.9. The highest BCUT2D eigenvalue weighted by atomic mass is 32.2. The van der Waals surface area contributed by atoms with Crippen molar-refractivity contribution in [1.29, 1.82) is 10.5 Å². The van der Waals surface area contributed by atoms with Gasteiger partial charge in [-0.2, -0.15) is 36.9 Å². The molecular formula is C30H24F6N6S2. The van der Waals surface area contributed by atoms with E-state index in [1.165, 1.54) is 34.9 Å². The van der Waals surface area contributed by atoms with Gasteiger partial charge in [-0.25, -0.2) is 0 Å². The molecule has 44 heavy (non-hydrogen) atoms. The number of nitrogens with one attached hydrogen (secondary N) is 1. The first kappa shape index (κ1) is 32.6. The number of benzene rings is 3. The molecule has 0 amide bonds. The van der Waals surface area contributed by atoms with Crippen LogP contribution >= 0.6 is 24.0 Å². The summed E-state index contributed by atoms with van der Waals surface area (Å²) in [6, 6.07) is 17.2.